The number of nitrogens with one attached hydrogen (secondary N) is 1. The summed E-state index contributed by atoms with van der Waals surface area (Å²) in [4.78, 5) is 2.73. The molecule has 0 bridgehead atoms. The van der Waals surface area contributed by atoms with Crippen LogP contribution >= 0.6 is 0 Å². The predicted molar refractivity (Wildman–Crippen MR) is 76.4 cm³/mol. The standard InChI is InChI=1S/C15H32N2/c1-4-7-15-9-6-12-17(13-10-15)14(2)8-5-11-16-3/h14-16H,4-13H2,1-3H3. The van der Waals surface area contributed by atoms with E-state index < -0.39 is 0 Å². The zero-order valence-electron chi connectivity index (χ0n) is 12.2. The minimum atomic E-state index is 0.781. The highest BCUT2D eigenvalue weighted by molar-refractivity contribution is 4.74. The minimum absolute atomic E-state index is 0.781. The Morgan fingerprint density at radius 2 is 2.12 bits per heavy atom. The SMILES string of the molecule is CCCC1CCCN(C(C)CCCNC)CC1. The van der Waals surface area contributed by atoms with Crippen molar-refractivity contribution >= 4 is 0 Å². The maximum atomic E-state index is 3.24. The third-order valence-electron chi connectivity index (χ3n) is 4.25. The number of likely N-dealkylation sites (tertiary alicyclic amines) is 1. The van der Waals surface area contributed by atoms with Crippen LogP contribution < -0.4 is 5.32 Å². The molecule has 1 fully saturated rings. The van der Waals surface area contributed by atoms with Crippen LogP contribution in [0.25, 0.3) is 0 Å². The Kier molecular flexibility index (Phi) is 7.87. The molecular formula is C15H32N2. The van der Waals surface area contributed by atoms with Crippen LogP contribution in [0.3, 0.4) is 0 Å². The summed E-state index contributed by atoms with van der Waals surface area (Å²) in [6.45, 7) is 8.57. The highest BCUT2D eigenvalue weighted by Crippen LogP contribution is 2.23. The first kappa shape index (κ1) is 15.0. The molecule has 1 aliphatic rings. The van der Waals surface area contributed by atoms with Gasteiger partial charge in [-0.3, -0.25) is 0 Å². The molecule has 0 aromatic carbocycles. The molecule has 2 atom stereocenters. The average molecular weight is 240 g/mol. The number of nitrogens with zero attached hydrogens (tertiary/aromatic N) is 1. The fraction of sp³-hybridized carbons (Fsp3) is 1.00. The maximum absolute atomic E-state index is 3.24. The Labute approximate surface area is 108 Å². The van der Waals surface area contributed by atoms with Crippen LogP contribution in [0, 0.1) is 5.92 Å². The van der Waals surface area contributed by atoms with Gasteiger partial charge in [0, 0.05) is 6.04 Å². The van der Waals surface area contributed by atoms with Gasteiger partial charge >= 0.3 is 0 Å². The predicted octanol–water partition coefficient (Wildman–Crippen LogP) is 3.28. The molecule has 0 aliphatic carbocycles. The molecule has 2 unspecified atom stereocenters. The average Bonchev–Trinajstić information content (AvgIpc) is 2.55. The molecule has 0 spiro atoms. The van der Waals surface area contributed by atoms with E-state index in [9.17, 15) is 0 Å². The lowest BCUT2D eigenvalue weighted by atomic mass is 9.96. The van der Waals surface area contributed by atoms with Crippen LogP contribution in [-0.4, -0.2) is 37.6 Å². The molecule has 1 rings (SSSR count). The highest BCUT2D eigenvalue weighted by atomic mass is 15.1. The van der Waals surface area contributed by atoms with Crippen LogP contribution in [0.2, 0.25) is 0 Å². The molecule has 1 saturated heterocycles. The largest absolute Gasteiger partial charge is 0.320 e. The number of hydrogen-bond acceptors (Lipinski definition) is 2. The van der Waals surface area contributed by atoms with Gasteiger partial charge in [-0.05, 0) is 71.6 Å². The Hall–Kier alpha value is -0.0800. The van der Waals surface area contributed by atoms with Crippen LogP contribution in [0.1, 0.15) is 58.8 Å². The molecule has 0 amide bonds. The molecule has 0 aromatic rings. The van der Waals surface area contributed by atoms with Crippen molar-refractivity contribution in [3.05, 3.63) is 0 Å². The van der Waals surface area contributed by atoms with E-state index >= 15 is 0 Å². The van der Waals surface area contributed by atoms with E-state index in [1.54, 1.807) is 0 Å². The van der Waals surface area contributed by atoms with Crippen molar-refractivity contribution in [1.29, 1.82) is 0 Å². The van der Waals surface area contributed by atoms with Gasteiger partial charge in [-0.2, -0.15) is 0 Å². The molecular weight excluding hydrogens is 208 g/mol. The summed E-state index contributed by atoms with van der Waals surface area (Å²) < 4.78 is 0. The Bertz CT molecular complexity index is 182. The van der Waals surface area contributed by atoms with Gasteiger partial charge in [0.2, 0.25) is 0 Å². The molecule has 1 N–H and O–H groups in total. The van der Waals surface area contributed by atoms with Crippen molar-refractivity contribution in [1.82, 2.24) is 10.2 Å². The topological polar surface area (TPSA) is 15.3 Å². The summed E-state index contributed by atoms with van der Waals surface area (Å²) in [6, 6.07) is 0.781. The highest BCUT2D eigenvalue weighted by Gasteiger charge is 2.19. The third kappa shape index (κ3) is 5.87. The molecule has 0 aromatic heterocycles. The van der Waals surface area contributed by atoms with Gasteiger partial charge < -0.3 is 10.2 Å². The Balaban J connectivity index is 2.24. The minimum Gasteiger partial charge on any atom is -0.320 e. The molecule has 0 saturated carbocycles. The second kappa shape index (κ2) is 8.93. The normalized spacial score (nSPS) is 24.5. The van der Waals surface area contributed by atoms with Crippen molar-refractivity contribution in [3.63, 3.8) is 0 Å². The molecule has 17 heavy (non-hydrogen) atoms. The zero-order chi connectivity index (χ0) is 12.5. The van der Waals surface area contributed by atoms with E-state index in [1.165, 1.54) is 58.0 Å². The van der Waals surface area contributed by atoms with Crippen LogP contribution in [0.15, 0.2) is 0 Å². The van der Waals surface area contributed by atoms with Gasteiger partial charge in [0.15, 0.2) is 0 Å². The monoisotopic (exact) mass is 240 g/mol. The first-order valence-electron chi connectivity index (χ1n) is 7.66. The van der Waals surface area contributed by atoms with E-state index in [-0.39, 0.29) is 0 Å². The van der Waals surface area contributed by atoms with Crippen LogP contribution in [-0.2, 0) is 0 Å². The summed E-state index contributed by atoms with van der Waals surface area (Å²) in [5, 5.41) is 3.24. The fourth-order valence-corrected chi connectivity index (χ4v) is 3.08. The Morgan fingerprint density at radius 3 is 2.82 bits per heavy atom. The van der Waals surface area contributed by atoms with E-state index in [0.29, 0.717) is 0 Å². The summed E-state index contributed by atoms with van der Waals surface area (Å²) >= 11 is 0. The fourth-order valence-electron chi connectivity index (χ4n) is 3.08. The smallest absolute Gasteiger partial charge is 0.00674 e. The quantitative estimate of drug-likeness (QED) is 0.687. The van der Waals surface area contributed by atoms with Gasteiger partial charge in [0.1, 0.15) is 0 Å². The zero-order valence-corrected chi connectivity index (χ0v) is 12.2. The second-order valence-corrected chi connectivity index (χ2v) is 5.72. The summed E-state index contributed by atoms with van der Waals surface area (Å²) in [7, 11) is 2.05. The van der Waals surface area contributed by atoms with Crippen LogP contribution in [0.5, 0.6) is 0 Å². The lowest BCUT2D eigenvalue weighted by Gasteiger charge is -2.27. The Morgan fingerprint density at radius 1 is 1.29 bits per heavy atom. The van der Waals surface area contributed by atoms with Crippen molar-refractivity contribution < 1.29 is 0 Å². The second-order valence-electron chi connectivity index (χ2n) is 5.72. The summed E-state index contributed by atoms with van der Waals surface area (Å²) in [5.74, 6) is 1.01. The first-order chi connectivity index (χ1) is 8.27. The molecule has 2 heteroatoms. The third-order valence-corrected chi connectivity index (χ3v) is 4.25. The van der Waals surface area contributed by atoms with Gasteiger partial charge in [0.25, 0.3) is 0 Å². The van der Waals surface area contributed by atoms with Crippen molar-refractivity contribution in [2.45, 2.75) is 64.8 Å². The van der Waals surface area contributed by atoms with Gasteiger partial charge in [0.05, 0.1) is 0 Å². The van der Waals surface area contributed by atoms with Crippen LogP contribution in [0.4, 0.5) is 0 Å². The van der Waals surface area contributed by atoms with E-state index in [4.69, 9.17) is 0 Å². The number of rotatable bonds is 7. The van der Waals surface area contributed by atoms with Crippen molar-refractivity contribution in [2.75, 3.05) is 26.7 Å². The van der Waals surface area contributed by atoms with Crippen molar-refractivity contribution in [2.24, 2.45) is 5.92 Å². The number of hydrogen-bond donors (Lipinski definition) is 1. The summed E-state index contributed by atoms with van der Waals surface area (Å²) in [5.41, 5.74) is 0. The van der Waals surface area contributed by atoms with Gasteiger partial charge in [-0.15, -0.1) is 0 Å². The lowest BCUT2D eigenvalue weighted by molar-refractivity contribution is 0.202. The lowest BCUT2D eigenvalue weighted by Crippen LogP contribution is -2.34. The van der Waals surface area contributed by atoms with Crippen molar-refractivity contribution in [3.8, 4) is 0 Å². The molecule has 1 heterocycles. The maximum Gasteiger partial charge on any atom is 0.00674 e. The van der Waals surface area contributed by atoms with Gasteiger partial charge in [-0.1, -0.05) is 19.8 Å². The molecule has 2 nitrogen and oxygen atoms in total. The summed E-state index contributed by atoms with van der Waals surface area (Å²) in [6.07, 6.45) is 9.79. The van der Waals surface area contributed by atoms with E-state index in [2.05, 4.69) is 24.1 Å². The molecule has 0 radical (unpaired) electrons. The molecule has 1 aliphatic heterocycles. The van der Waals surface area contributed by atoms with E-state index in [1.807, 2.05) is 7.05 Å². The van der Waals surface area contributed by atoms with E-state index in [0.717, 1.165) is 18.5 Å². The first-order valence-corrected chi connectivity index (χ1v) is 7.66. The van der Waals surface area contributed by atoms with Gasteiger partial charge in [-0.25, -0.2) is 0 Å². The molecule has 102 valence electrons.